The van der Waals surface area contributed by atoms with Gasteiger partial charge in [0.25, 0.3) is 0 Å². The number of benzene rings is 12. The van der Waals surface area contributed by atoms with Gasteiger partial charge in [0.2, 0.25) is 0 Å². The van der Waals surface area contributed by atoms with Gasteiger partial charge in [0.05, 0.1) is 5.41 Å². The molecule has 0 unspecified atom stereocenters. The van der Waals surface area contributed by atoms with Crippen molar-refractivity contribution in [1.29, 1.82) is 0 Å². The first-order valence-corrected chi connectivity index (χ1v) is 32.1. The SMILES string of the molecule is C[Si]1(C)c2ccccc2-c2c(-c3cccc4c(-c5cc6ccccc6c6c5C5(c7ccccc7-c7ccccc75)c5ccccc5-6)c5cccc(-c6cccc7c6-c6ccccc6[Si]7(C)C)c5cc34)cccc21. The summed E-state index contributed by atoms with van der Waals surface area (Å²) in [6, 6.07) is 89.6. The molecule has 0 fully saturated rings. The molecule has 2 heterocycles. The normalized spacial score (nSPS) is 15.2. The van der Waals surface area contributed by atoms with Crippen molar-refractivity contribution in [3.63, 3.8) is 0 Å². The fraction of sp³-hybridized carbons (Fsp3) is 0.0704. The summed E-state index contributed by atoms with van der Waals surface area (Å²) in [5, 5.41) is 13.8. The van der Waals surface area contributed by atoms with Crippen molar-refractivity contribution in [3.8, 4) is 77.9 Å². The molecule has 0 N–H and O–H groups in total. The van der Waals surface area contributed by atoms with Gasteiger partial charge in [0, 0.05) is 0 Å². The van der Waals surface area contributed by atoms with Crippen LogP contribution in [0.3, 0.4) is 0 Å². The molecule has 16 rings (SSSR count). The quantitative estimate of drug-likeness (QED) is 0.122. The van der Waals surface area contributed by atoms with E-state index in [1.165, 1.54) is 153 Å². The Kier molecular flexibility index (Phi) is 8.24. The summed E-state index contributed by atoms with van der Waals surface area (Å²) in [6.45, 7) is 10.2. The van der Waals surface area contributed by atoms with Gasteiger partial charge >= 0.3 is 0 Å². The highest BCUT2D eigenvalue weighted by Crippen LogP contribution is 2.66. The third-order valence-corrected chi connectivity index (χ3v) is 25.2. The van der Waals surface area contributed by atoms with E-state index < -0.39 is 21.6 Å². The van der Waals surface area contributed by atoms with Gasteiger partial charge in [0.15, 0.2) is 0 Å². The molecule has 2 aliphatic carbocycles. The lowest BCUT2D eigenvalue weighted by atomic mass is 9.68. The first-order chi connectivity index (χ1) is 35.8. The number of hydrogen-bond donors (Lipinski definition) is 0. The summed E-state index contributed by atoms with van der Waals surface area (Å²) in [5.41, 5.74) is 23.7. The Bertz CT molecular complexity index is 4240. The van der Waals surface area contributed by atoms with Gasteiger partial charge in [-0.2, -0.15) is 0 Å². The van der Waals surface area contributed by atoms with Gasteiger partial charge in [-0.25, -0.2) is 0 Å². The molecule has 0 nitrogen and oxygen atoms in total. The average Bonchev–Trinajstić information content (AvgIpc) is 4.09. The van der Waals surface area contributed by atoms with Crippen molar-refractivity contribution in [2.75, 3.05) is 0 Å². The highest BCUT2D eigenvalue weighted by atomic mass is 28.3. The van der Waals surface area contributed by atoms with Gasteiger partial charge in [-0.05, 0) is 165 Å². The molecule has 12 aromatic carbocycles. The van der Waals surface area contributed by atoms with Crippen LogP contribution in [0, 0.1) is 0 Å². The van der Waals surface area contributed by atoms with Crippen LogP contribution in [0.25, 0.3) is 110 Å². The van der Waals surface area contributed by atoms with E-state index in [1.54, 1.807) is 0 Å². The van der Waals surface area contributed by atoms with Crippen LogP contribution in [0.5, 0.6) is 0 Å². The predicted molar refractivity (Wildman–Crippen MR) is 316 cm³/mol. The Morgan fingerprint density at radius 2 is 0.630 bits per heavy atom. The average molecular weight is 959 g/mol. The minimum absolute atomic E-state index is 0.553. The van der Waals surface area contributed by atoms with E-state index in [9.17, 15) is 0 Å². The Labute approximate surface area is 428 Å². The molecule has 2 heteroatoms. The molecule has 1 spiro atoms. The monoisotopic (exact) mass is 958 g/mol. The van der Waals surface area contributed by atoms with E-state index in [4.69, 9.17) is 0 Å². The van der Waals surface area contributed by atoms with Crippen LogP contribution in [0.15, 0.2) is 231 Å². The summed E-state index contributed by atoms with van der Waals surface area (Å²) >= 11 is 0. The molecule has 4 aliphatic rings. The van der Waals surface area contributed by atoms with Crippen LogP contribution in [0.1, 0.15) is 22.3 Å². The molecule has 12 aromatic rings. The zero-order chi connectivity index (χ0) is 48.5. The number of hydrogen-bond acceptors (Lipinski definition) is 0. The maximum Gasteiger partial charge on any atom is 0.113 e. The van der Waals surface area contributed by atoms with Crippen LogP contribution in [-0.4, -0.2) is 16.1 Å². The minimum atomic E-state index is -1.97. The van der Waals surface area contributed by atoms with Crippen LogP contribution in [0.4, 0.5) is 0 Å². The van der Waals surface area contributed by atoms with E-state index in [1.807, 2.05) is 0 Å². The molecular weight excluding hydrogens is 909 g/mol. The van der Waals surface area contributed by atoms with E-state index in [0.717, 1.165) is 0 Å². The van der Waals surface area contributed by atoms with E-state index in [2.05, 4.69) is 257 Å². The highest BCUT2D eigenvalue weighted by Gasteiger charge is 2.53. The van der Waals surface area contributed by atoms with Crippen molar-refractivity contribution in [1.82, 2.24) is 0 Å². The Hall–Kier alpha value is -8.15. The summed E-state index contributed by atoms with van der Waals surface area (Å²) in [7, 11) is -3.93. The predicted octanol–water partition coefficient (Wildman–Crippen LogP) is 16.1. The Morgan fingerprint density at radius 1 is 0.247 bits per heavy atom. The second-order valence-electron chi connectivity index (χ2n) is 22.1. The van der Waals surface area contributed by atoms with Crippen LogP contribution in [-0.2, 0) is 5.41 Å². The summed E-state index contributed by atoms with van der Waals surface area (Å²) < 4.78 is 0. The molecule has 0 saturated heterocycles. The number of rotatable bonds is 3. The molecule has 0 bridgehead atoms. The first kappa shape index (κ1) is 41.5. The zero-order valence-electron chi connectivity index (χ0n) is 41.4. The van der Waals surface area contributed by atoms with Crippen molar-refractivity contribution < 1.29 is 0 Å². The topological polar surface area (TPSA) is 0 Å². The van der Waals surface area contributed by atoms with E-state index in [0.29, 0.717) is 0 Å². The van der Waals surface area contributed by atoms with Crippen molar-refractivity contribution >= 4 is 69.2 Å². The number of fused-ring (bicyclic) bond motifs is 20. The van der Waals surface area contributed by atoms with Gasteiger partial charge < -0.3 is 0 Å². The zero-order valence-corrected chi connectivity index (χ0v) is 43.4. The van der Waals surface area contributed by atoms with E-state index >= 15 is 0 Å². The smallest absolute Gasteiger partial charge is 0.0623 e. The summed E-state index contributed by atoms with van der Waals surface area (Å²) in [4.78, 5) is 0. The fourth-order valence-electron chi connectivity index (χ4n) is 15.1. The van der Waals surface area contributed by atoms with Crippen LogP contribution in [0.2, 0.25) is 26.2 Å². The molecular formula is C71H50Si2. The van der Waals surface area contributed by atoms with Gasteiger partial charge in [0.1, 0.15) is 16.1 Å². The largest absolute Gasteiger partial charge is 0.113 e. The van der Waals surface area contributed by atoms with Crippen molar-refractivity contribution in [3.05, 3.63) is 253 Å². The van der Waals surface area contributed by atoms with Crippen LogP contribution >= 0.6 is 0 Å². The molecule has 0 amide bonds. The highest BCUT2D eigenvalue weighted by molar-refractivity contribution is 7.04. The summed E-state index contributed by atoms with van der Waals surface area (Å²) in [5.74, 6) is 0. The molecule has 342 valence electrons. The molecule has 73 heavy (non-hydrogen) atoms. The molecule has 0 radical (unpaired) electrons. The Morgan fingerprint density at radius 3 is 1.18 bits per heavy atom. The van der Waals surface area contributed by atoms with Gasteiger partial charge in [-0.3, -0.25) is 0 Å². The molecule has 0 aromatic heterocycles. The second-order valence-corrected chi connectivity index (χ2v) is 30.8. The fourth-order valence-corrected chi connectivity index (χ4v) is 21.2. The van der Waals surface area contributed by atoms with E-state index in [-0.39, 0.29) is 0 Å². The maximum atomic E-state index is 2.59. The third-order valence-electron chi connectivity index (χ3n) is 18.1. The van der Waals surface area contributed by atoms with Crippen molar-refractivity contribution in [2.24, 2.45) is 0 Å². The maximum absolute atomic E-state index is 2.59. The molecule has 0 atom stereocenters. The first-order valence-electron chi connectivity index (χ1n) is 26.1. The molecule has 2 aliphatic heterocycles. The second kappa shape index (κ2) is 14.5. The lowest BCUT2D eigenvalue weighted by Gasteiger charge is -2.33. The third kappa shape index (κ3) is 5.15. The lowest BCUT2D eigenvalue weighted by Crippen LogP contribution is -2.49. The molecule has 0 saturated carbocycles. The standard InChI is InChI=1S/C71H50Si2/c1-72(2)62-37-15-10-26-54(62)67-49(32-19-39-64(67)72)45-28-17-30-51-56(45)42-57-46(50-33-20-40-65-68(50)55-27-11-16-38-63(55)73(65,3)4)29-18-31-52(57)66(51)58-41-43-21-5-6-22-44(43)69-53-25-9-14-36-61(53)71(70(58)69)59-34-12-7-23-47(59)48-24-8-13-35-60(48)71/h5-42H,1-4H3. The van der Waals surface area contributed by atoms with Crippen molar-refractivity contribution in [2.45, 2.75) is 31.6 Å². The van der Waals surface area contributed by atoms with Gasteiger partial charge in [-0.1, -0.05) is 245 Å². The Balaban J connectivity index is 1.10. The summed E-state index contributed by atoms with van der Waals surface area (Å²) in [6.07, 6.45) is 0. The van der Waals surface area contributed by atoms with Crippen LogP contribution < -0.4 is 20.7 Å². The van der Waals surface area contributed by atoms with Gasteiger partial charge in [-0.15, -0.1) is 0 Å². The lowest BCUT2D eigenvalue weighted by molar-refractivity contribution is 0.796. The minimum Gasteiger partial charge on any atom is -0.0623 e.